The first-order chi connectivity index (χ1) is 6.37. The minimum Gasteiger partial charge on any atom is -0.459 e. The van der Waals surface area contributed by atoms with Crippen molar-refractivity contribution in [3.63, 3.8) is 0 Å². The third-order valence-corrected chi connectivity index (χ3v) is 1.55. The maximum atomic E-state index is 11.3. The molecule has 1 unspecified atom stereocenters. The lowest BCUT2D eigenvalue weighted by molar-refractivity contribution is -0.156. The van der Waals surface area contributed by atoms with Crippen LogP contribution in [0, 0.1) is 0 Å². The summed E-state index contributed by atoms with van der Waals surface area (Å²) < 4.78 is 5.08. The molecule has 0 amide bonds. The van der Waals surface area contributed by atoms with Crippen molar-refractivity contribution in [1.82, 2.24) is 0 Å². The summed E-state index contributed by atoms with van der Waals surface area (Å²) in [5, 5.41) is 0. The molecule has 0 aliphatic rings. The van der Waals surface area contributed by atoms with E-state index in [0.717, 1.165) is 6.29 Å². The lowest BCUT2D eigenvalue weighted by Gasteiger charge is -2.21. The number of nitrogens with two attached hydrogens (primary N) is 1. The fraction of sp³-hybridized carbons (Fsp3) is 0.800. The highest BCUT2D eigenvalue weighted by atomic mass is 16.6. The van der Waals surface area contributed by atoms with E-state index in [4.69, 9.17) is 10.5 Å². The number of unbranched alkanes of at least 4 members (excludes halogenated alkanes) is 1. The van der Waals surface area contributed by atoms with Gasteiger partial charge in [0.1, 0.15) is 17.9 Å². The summed E-state index contributed by atoms with van der Waals surface area (Å²) >= 11 is 0. The Labute approximate surface area is 84.8 Å². The van der Waals surface area contributed by atoms with E-state index in [-0.39, 0.29) is 0 Å². The van der Waals surface area contributed by atoms with Crippen molar-refractivity contribution in [3.8, 4) is 0 Å². The molecule has 0 saturated carbocycles. The summed E-state index contributed by atoms with van der Waals surface area (Å²) in [5.74, 6) is -0.400. The zero-order valence-corrected chi connectivity index (χ0v) is 9.08. The first kappa shape index (κ1) is 13.1. The SMILES string of the molecule is CC(C)(C)OC(=O)C(N)CCCC=O. The van der Waals surface area contributed by atoms with Gasteiger partial charge in [-0.15, -0.1) is 0 Å². The van der Waals surface area contributed by atoms with Crippen LogP contribution in [0.25, 0.3) is 0 Å². The number of esters is 1. The first-order valence-corrected chi connectivity index (χ1v) is 4.79. The molecule has 0 fully saturated rings. The van der Waals surface area contributed by atoms with E-state index < -0.39 is 17.6 Å². The van der Waals surface area contributed by atoms with Gasteiger partial charge in [-0.3, -0.25) is 4.79 Å². The number of aldehydes is 1. The molecule has 4 nitrogen and oxygen atoms in total. The van der Waals surface area contributed by atoms with Crippen LogP contribution in [0.2, 0.25) is 0 Å². The Bertz CT molecular complexity index is 196. The van der Waals surface area contributed by atoms with Crippen LogP contribution in [0.1, 0.15) is 40.0 Å². The van der Waals surface area contributed by atoms with Crippen LogP contribution < -0.4 is 5.73 Å². The second kappa shape index (κ2) is 5.75. The first-order valence-electron chi connectivity index (χ1n) is 4.79. The van der Waals surface area contributed by atoms with Crippen molar-refractivity contribution < 1.29 is 14.3 Å². The van der Waals surface area contributed by atoms with E-state index in [2.05, 4.69) is 0 Å². The van der Waals surface area contributed by atoms with Crippen molar-refractivity contribution in [3.05, 3.63) is 0 Å². The second-order valence-electron chi connectivity index (χ2n) is 4.24. The van der Waals surface area contributed by atoms with Crippen LogP contribution in [-0.2, 0) is 14.3 Å². The summed E-state index contributed by atoms with van der Waals surface area (Å²) in [4.78, 5) is 21.3. The van der Waals surface area contributed by atoms with Gasteiger partial charge < -0.3 is 15.3 Å². The summed E-state index contributed by atoms with van der Waals surface area (Å²) in [6.45, 7) is 5.38. The van der Waals surface area contributed by atoms with Gasteiger partial charge in [-0.25, -0.2) is 0 Å². The van der Waals surface area contributed by atoms with E-state index in [1.54, 1.807) is 20.8 Å². The Hall–Kier alpha value is -0.900. The maximum Gasteiger partial charge on any atom is 0.323 e. The molecule has 0 aromatic carbocycles. The normalized spacial score (nSPS) is 13.4. The molecule has 0 saturated heterocycles. The van der Waals surface area contributed by atoms with Gasteiger partial charge in [-0.2, -0.15) is 0 Å². The zero-order chi connectivity index (χ0) is 11.2. The number of carbonyl (C=O) groups excluding carboxylic acids is 2. The predicted octanol–water partition coefficient (Wildman–Crippen LogP) is 1.02. The Morgan fingerprint density at radius 3 is 2.50 bits per heavy atom. The van der Waals surface area contributed by atoms with Crippen molar-refractivity contribution in [2.75, 3.05) is 0 Å². The highest BCUT2D eigenvalue weighted by molar-refractivity contribution is 5.75. The third-order valence-electron chi connectivity index (χ3n) is 1.55. The molecule has 4 heteroatoms. The topological polar surface area (TPSA) is 69.4 Å². The number of rotatable bonds is 5. The average molecular weight is 201 g/mol. The van der Waals surface area contributed by atoms with Crippen molar-refractivity contribution >= 4 is 12.3 Å². The van der Waals surface area contributed by atoms with Crippen LogP contribution >= 0.6 is 0 Å². The van der Waals surface area contributed by atoms with Crippen molar-refractivity contribution in [2.24, 2.45) is 5.73 Å². The molecule has 2 N–H and O–H groups in total. The largest absolute Gasteiger partial charge is 0.459 e. The lowest BCUT2D eigenvalue weighted by Crippen LogP contribution is -2.37. The van der Waals surface area contributed by atoms with Gasteiger partial charge >= 0.3 is 5.97 Å². The third kappa shape index (κ3) is 6.60. The van der Waals surface area contributed by atoms with E-state index in [9.17, 15) is 9.59 Å². The van der Waals surface area contributed by atoms with Gasteiger partial charge in [-0.1, -0.05) is 0 Å². The predicted molar refractivity (Wildman–Crippen MR) is 53.7 cm³/mol. The molecule has 0 aliphatic carbocycles. The van der Waals surface area contributed by atoms with Gasteiger partial charge in [-0.05, 0) is 33.6 Å². The van der Waals surface area contributed by atoms with E-state index in [1.807, 2.05) is 0 Å². The molecule has 0 aliphatic heterocycles. The standard InChI is InChI=1S/C10H19NO3/c1-10(2,3)14-9(13)8(11)6-4-5-7-12/h7-8H,4-6,11H2,1-3H3. The minimum absolute atomic E-state index is 0.400. The zero-order valence-electron chi connectivity index (χ0n) is 9.08. The molecule has 0 bridgehead atoms. The molecule has 0 aromatic heterocycles. The monoisotopic (exact) mass is 201 g/mol. The molecular weight excluding hydrogens is 182 g/mol. The molecule has 0 spiro atoms. The molecule has 0 radical (unpaired) electrons. The number of carbonyl (C=O) groups is 2. The maximum absolute atomic E-state index is 11.3. The Morgan fingerprint density at radius 1 is 1.50 bits per heavy atom. The molecule has 0 rings (SSSR count). The molecule has 14 heavy (non-hydrogen) atoms. The number of ether oxygens (including phenoxy) is 1. The smallest absolute Gasteiger partial charge is 0.323 e. The quantitative estimate of drug-likeness (QED) is 0.409. The second-order valence-corrected chi connectivity index (χ2v) is 4.24. The van der Waals surface area contributed by atoms with Crippen LogP contribution in [0.15, 0.2) is 0 Å². The van der Waals surface area contributed by atoms with Crippen LogP contribution in [0.3, 0.4) is 0 Å². The van der Waals surface area contributed by atoms with E-state index in [0.29, 0.717) is 19.3 Å². The van der Waals surface area contributed by atoms with Crippen LogP contribution in [0.4, 0.5) is 0 Å². The molecule has 82 valence electrons. The fourth-order valence-electron chi connectivity index (χ4n) is 0.916. The Morgan fingerprint density at radius 2 is 2.07 bits per heavy atom. The Balaban J connectivity index is 3.82. The van der Waals surface area contributed by atoms with Gasteiger partial charge in [0.05, 0.1) is 0 Å². The minimum atomic E-state index is -0.617. The molecular formula is C10H19NO3. The molecule has 0 aromatic rings. The van der Waals surface area contributed by atoms with Crippen LogP contribution in [-0.4, -0.2) is 23.9 Å². The van der Waals surface area contributed by atoms with Crippen molar-refractivity contribution in [2.45, 2.75) is 51.7 Å². The fourth-order valence-corrected chi connectivity index (χ4v) is 0.916. The van der Waals surface area contributed by atoms with Gasteiger partial charge in [0, 0.05) is 6.42 Å². The van der Waals surface area contributed by atoms with Crippen molar-refractivity contribution in [1.29, 1.82) is 0 Å². The summed E-state index contributed by atoms with van der Waals surface area (Å²) in [6, 6.07) is -0.617. The highest BCUT2D eigenvalue weighted by Crippen LogP contribution is 2.09. The van der Waals surface area contributed by atoms with Gasteiger partial charge in [0.25, 0.3) is 0 Å². The summed E-state index contributed by atoms with van der Waals surface area (Å²) in [6.07, 6.45) is 2.38. The van der Waals surface area contributed by atoms with Crippen LogP contribution in [0.5, 0.6) is 0 Å². The van der Waals surface area contributed by atoms with E-state index in [1.165, 1.54) is 0 Å². The molecule has 1 atom stereocenters. The van der Waals surface area contributed by atoms with Gasteiger partial charge in [0.2, 0.25) is 0 Å². The van der Waals surface area contributed by atoms with Gasteiger partial charge in [0.15, 0.2) is 0 Å². The van der Waals surface area contributed by atoms with E-state index >= 15 is 0 Å². The highest BCUT2D eigenvalue weighted by Gasteiger charge is 2.21. The average Bonchev–Trinajstić information content (AvgIpc) is 2.01. The summed E-state index contributed by atoms with van der Waals surface area (Å²) in [7, 11) is 0. The summed E-state index contributed by atoms with van der Waals surface area (Å²) in [5.41, 5.74) is 5.07. The lowest BCUT2D eigenvalue weighted by atomic mass is 10.1. The number of hydrogen-bond donors (Lipinski definition) is 1. The Kier molecular flexibility index (Phi) is 5.38. The number of hydrogen-bond acceptors (Lipinski definition) is 4. The molecule has 0 heterocycles.